The monoisotopic (exact) mass is 449 g/mol. The molecule has 0 unspecified atom stereocenters. The molecular weight excluding hydrogens is 443 g/mol. The van der Waals surface area contributed by atoms with Crippen LogP contribution in [0, 0.1) is 0 Å². The van der Waals surface area contributed by atoms with E-state index < -0.39 is 0 Å². The summed E-state index contributed by atoms with van der Waals surface area (Å²) in [5, 5.41) is 0. The molecule has 0 heterocycles. The molecule has 0 aliphatic carbocycles. The van der Waals surface area contributed by atoms with Crippen molar-refractivity contribution in [3.8, 4) is 0 Å². The average molecular weight is 448 g/mol. The molecule has 0 bridgehead atoms. The quantitative estimate of drug-likeness (QED) is 0.372. The summed E-state index contributed by atoms with van der Waals surface area (Å²) in [6, 6.07) is 0. The maximum absolute atomic E-state index is 7.75. The molecule has 0 aliphatic heterocycles. The minimum absolute atomic E-state index is 0. The van der Waals surface area contributed by atoms with E-state index in [4.69, 9.17) is 4.70 Å². The molecule has 0 aromatic rings. The van der Waals surface area contributed by atoms with Crippen LogP contribution in [0.25, 0.3) is 0 Å². The van der Waals surface area contributed by atoms with Crippen molar-refractivity contribution in [1.29, 1.82) is 0 Å². The van der Waals surface area contributed by atoms with Gasteiger partial charge in [0, 0.05) is 0 Å². The molecule has 0 aromatic heterocycles. The van der Waals surface area contributed by atoms with E-state index in [2.05, 4.69) is 7.72 Å². The van der Waals surface area contributed by atoms with Gasteiger partial charge in [-0.1, -0.05) is 0 Å². The van der Waals surface area contributed by atoms with E-state index in [0.717, 1.165) is 0 Å². The van der Waals surface area contributed by atoms with Crippen LogP contribution < -0.4 is 0 Å². The van der Waals surface area contributed by atoms with Crippen LogP contribution in [0.5, 0.6) is 0 Å². The standard InChI is InChI=1S/BO.Bi.Pb.5H/c1-2;;;;;;;. The summed E-state index contributed by atoms with van der Waals surface area (Å²) in [7, 11) is 3.25. The van der Waals surface area contributed by atoms with Crippen LogP contribution in [0.15, 0.2) is 0 Å². The maximum atomic E-state index is 7.75. The molecule has 1 nitrogen and oxygen atoms in total. The van der Waals surface area contributed by atoms with Crippen LogP contribution in [0.3, 0.4) is 0 Å². The first kappa shape index (κ1) is 17.3. The van der Waals surface area contributed by atoms with Gasteiger partial charge in [0.25, 0.3) is 0 Å². The van der Waals surface area contributed by atoms with E-state index in [-0.39, 0.29) is 53.5 Å². The first-order valence-electron chi connectivity index (χ1n) is 0.236. The number of rotatable bonds is 0. The topological polar surface area (TPSA) is 17.1 Å². The van der Waals surface area contributed by atoms with Gasteiger partial charge in [-0.15, -0.1) is 0 Å². The minimum atomic E-state index is 0. The van der Waals surface area contributed by atoms with E-state index >= 15 is 0 Å². The van der Waals surface area contributed by atoms with Gasteiger partial charge in [-0.25, -0.2) is 0 Å². The fraction of sp³-hybridized carbons (Fsp3) is 0. The molecular formula is H5BBiOPb. The Kier molecular flexibility index (Phi) is 97.8. The molecule has 3 radical (unpaired) electrons. The van der Waals surface area contributed by atoms with E-state index in [1.54, 1.807) is 0 Å². The van der Waals surface area contributed by atoms with Crippen LogP contribution in [0.4, 0.5) is 0 Å². The summed E-state index contributed by atoms with van der Waals surface area (Å²) in [5.41, 5.74) is 0. The summed E-state index contributed by atoms with van der Waals surface area (Å²) in [6.07, 6.45) is 0. The Bertz CT molecular complexity index is 8.00. The Morgan fingerprint density at radius 1 is 1.25 bits per heavy atom. The third-order valence-electron chi connectivity index (χ3n) is 0. The molecule has 0 amide bonds. The first-order valence-corrected chi connectivity index (χ1v) is 0.236. The predicted molar refractivity (Wildman–Crippen MR) is 24.9 cm³/mol. The Morgan fingerprint density at radius 2 is 1.25 bits per heavy atom. The Hall–Kier alpha value is 1.67. The Balaban J connectivity index is -0.00000000500. The fourth-order valence-electron chi connectivity index (χ4n) is 0. The third-order valence-corrected chi connectivity index (χ3v) is 0. The van der Waals surface area contributed by atoms with Gasteiger partial charge in [-0.05, 0) is 0 Å². The van der Waals surface area contributed by atoms with Crippen molar-refractivity contribution in [1.82, 2.24) is 0 Å². The van der Waals surface area contributed by atoms with Gasteiger partial charge < -0.3 is 0 Å². The molecule has 0 saturated heterocycles. The molecule has 0 rings (SSSR count). The zero-order chi connectivity index (χ0) is 2.00. The molecule has 4 heavy (non-hydrogen) atoms. The van der Waals surface area contributed by atoms with Crippen LogP contribution in [-0.2, 0) is 4.70 Å². The third kappa shape index (κ3) is 9.38. The van der Waals surface area contributed by atoms with Crippen molar-refractivity contribution >= 4 is 61.2 Å². The fourth-order valence-corrected chi connectivity index (χ4v) is 0. The van der Waals surface area contributed by atoms with Gasteiger partial charge in [-0.3, -0.25) is 0 Å². The molecule has 0 aliphatic rings. The zero-order valence-electron chi connectivity index (χ0n) is 2.40. The number of hydrogen-bond acceptors (Lipinski definition) is 1. The van der Waals surface area contributed by atoms with Crippen LogP contribution in [-0.4, -0.2) is 61.2 Å². The second-order valence-corrected chi connectivity index (χ2v) is 0. The van der Waals surface area contributed by atoms with Crippen molar-refractivity contribution < 1.29 is 4.70 Å². The Labute approximate surface area is 65.2 Å². The van der Waals surface area contributed by atoms with Gasteiger partial charge in [0.2, 0.25) is 0 Å². The zero-order valence-corrected chi connectivity index (χ0v) is 13.4. The van der Waals surface area contributed by atoms with Crippen molar-refractivity contribution in [3.63, 3.8) is 0 Å². The van der Waals surface area contributed by atoms with E-state index in [1.807, 2.05) is 0 Å². The van der Waals surface area contributed by atoms with Gasteiger partial charge in [0.15, 0.2) is 0 Å². The van der Waals surface area contributed by atoms with Gasteiger partial charge >= 0.3 is 65.9 Å². The molecule has 0 aromatic carbocycles. The van der Waals surface area contributed by atoms with Crippen LogP contribution >= 0.6 is 0 Å². The second kappa shape index (κ2) is 22.6. The Morgan fingerprint density at radius 3 is 1.25 bits per heavy atom. The van der Waals surface area contributed by atoms with Crippen LogP contribution in [0.1, 0.15) is 0 Å². The molecule has 0 atom stereocenters. The summed E-state index contributed by atoms with van der Waals surface area (Å²) in [4.78, 5) is 0. The number of hydrogen-bond donors (Lipinski definition) is 0. The summed E-state index contributed by atoms with van der Waals surface area (Å²) >= 11 is 0. The second-order valence-electron chi connectivity index (χ2n) is 0. The van der Waals surface area contributed by atoms with Gasteiger partial charge in [0.1, 0.15) is 0 Å². The van der Waals surface area contributed by atoms with E-state index in [9.17, 15) is 0 Å². The van der Waals surface area contributed by atoms with Crippen molar-refractivity contribution in [2.24, 2.45) is 0 Å². The van der Waals surface area contributed by atoms with Crippen molar-refractivity contribution in [3.05, 3.63) is 0 Å². The predicted octanol–water partition coefficient (Wildman–Crippen LogP) is -2.60. The molecule has 0 spiro atoms. The molecule has 4 heteroatoms. The van der Waals surface area contributed by atoms with E-state index in [1.165, 1.54) is 0 Å². The van der Waals surface area contributed by atoms with Crippen molar-refractivity contribution in [2.75, 3.05) is 0 Å². The van der Waals surface area contributed by atoms with Crippen molar-refractivity contribution in [2.45, 2.75) is 0 Å². The molecule has 0 fully saturated rings. The van der Waals surface area contributed by atoms with Crippen LogP contribution in [0.2, 0.25) is 0 Å². The summed E-state index contributed by atoms with van der Waals surface area (Å²) in [6.45, 7) is 0. The van der Waals surface area contributed by atoms with Gasteiger partial charge in [-0.2, -0.15) is 0 Å². The summed E-state index contributed by atoms with van der Waals surface area (Å²) < 4.78 is 7.75. The van der Waals surface area contributed by atoms with E-state index in [0.29, 0.717) is 0 Å². The first-order chi connectivity index (χ1) is 1.00. The molecule has 0 saturated carbocycles. The summed E-state index contributed by atoms with van der Waals surface area (Å²) in [5.74, 6) is 0. The SMILES string of the molecule is [B]=O.[BiH3].[PbH2]. The normalized spacial score (nSPS) is 0.750. The average Bonchev–Trinajstić information content (AvgIpc) is 1.00. The molecule has 23 valence electrons. The van der Waals surface area contributed by atoms with Gasteiger partial charge in [0.05, 0.1) is 0 Å². The molecule has 0 N–H and O–H groups in total.